The summed E-state index contributed by atoms with van der Waals surface area (Å²) in [7, 11) is -2.18. The number of nitrogens with one attached hydrogen (secondary N) is 3. The molecule has 1 heterocycles. The lowest BCUT2D eigenvalue weighted by Gasteiger charge is -2.39. The zero-order valence-corrected chi connectivity index (χ0v) is 31.1. The highest BCUT2D eigenvalue weighted by Gasteiger charge is 2.39. The van der Waals surface area contributed by atoms with Crippen molar-refractivity contribution in [3.8, 4) is 22.6 Å². The molecule has 0 unspecified atom stereocenters. The Kier molecular flexibility index (Phi) is 12.0. The Bertz CT molecular complexity index is 2010. The van der Waals surface area contributed by atoms with Crippen LogP contribution in [0.25, 0.3) is 22.0 Å². The van der Waals surface area contributed by atoms with E-state index in [0.717, 1.165) is 64.8 Å². The third-order valence-corrected chi connectivity index (χ3v) is 14.1. The third kappa shape index (κ3) is 9.88. The standard InChI is InChI=1S/C41H49N3O6Si/c1-41(2,3)51(4,5)50-37(33-18-20-36(45)39-34(33)19-21-38(46)44-39)27-42-23-22-29-11-9-15-31(25-29)49-24-10-12-28-16-17-32(30-13-7-6-8-14-30)35(26-28)43-40(47)48/h6-9,11,13-21,25-26,37,42-43,45H,10,12,22-24,27H2,1-5H3,(H,44,46)(H,47,48)/t37-/m0/s1. The maximum absolute atomic E-state index is 12.0. The number of hydrogen-bond donors (Lipinski definition) is 5. The Morgan fingerprint density at radius 3 is 2.41 bits per heavy atom. The van der Waals surface area contributed by atoms with Gasteiger partial charge in [-0.25, -0.2) is 4.79 Å². The summed E-state index contributed by atoms with van der Waals surface area (Å²) in [6.07, 6.45) is 0.947. The number of benzene rings is 4. The highest BCUT2D eigenvalue weighted by Crippen LogP contribution is 2.41. The van der Waals surface area contributed by atoms with Gasteiger partial charge in [0.1, 0.15) is 11.5 Å². The van der Waals surface area contributed by atoms with Crippen LogP contribution in [0, 0.1) is 0 Å². The number of carboxylic acid groups (broad SMARTS) is 1. The Morgan fingerprint density at radius 1 is 0.902 bits per heavy atom. The van der Waals surface area contributed by atoms with E-state index in [1.54, 1.807) is 12.1 Å². The first-order chi connectivity index (χ1) is 24.3. The molecule has 10 heteroatoms. The van der Waals surface area contributed by atoms with Gasteiger partial charge in [-0.05, 0) is 96.5 Å². The van der Waals surface area contributed by atoms with Crippen molar-refractivity contribution in [1.82, 2.24) is 10.3 Å². The quantitative estimate of drug-likeness (QED) is 0.0542. The SMILES string of the molecule is CC(C)(C)[Si](C)(C)O[C@@H](CNCCc1cccc(OCCCc2ccc(-c3ccccc3)c(NC(=O)O)c2)c1)c1ccc(O)c2[nH]c(=O)ccc12. The Morgan fingerprint density at radius 2 is 1.67 bits per heavy atom. The largest absolute Gasteiger partial charge is 0.506 e. The molecule has 0 spiro atoms. The molecule has 51 heavy (non-hydrogen) atoms. The minimum absolute atomic E-state index is 0.000215. The van der Waals surface area contributed by atoms with Crippen LogP contribution in [-0.4, -0.2) is 49.3 Å². The molecule has 0 saturated carbocycles. The first kappa shape index (κ1) is 37.4. The summed E-state index contributed by atoms with van der Waals surface area (Å²) in [6.45, 7) is 12.9. The van der Waals surface area contributed by atoms with Crippen molar-refractivity contribution >= 4 is 31.0 Å². The van der Waals surface area contributed by atoms with Crippen molar-refractivity contribution in [2.24, 2.45) is 0 Å². The number of aromatic amines is 1. The molecule has 5 N–H and O–H groups in total. The number of phenolic OH excluding ortho intramolecular Hbond substituents is 1. The van der Waals surface area contributed by atoms with Crippen molar-refractivity contribution in [1.29, 1.82) is 0 Å². The van der Waals surface area contributed by atoms with Gasteiger partial charge in [0.05, 0.1) is 23.9 Å². The van der Waals surface area contributed by atoms with Gasteiger partial charge in [0.25, 0.3) is 0 Å². The summed E-state index contributed by atoms with van der Waals surface area (Å²) < 4.78 is 13.0. The summed E-state index contributed by atoms with van der Waals surface area (Å²) >= 11 is 0. The molecular formula is C41H49N3O6Si. The van der Waals surface area contributed by atoms with E-state index >= 15 is 0 Å². The molecule has 0 aliphatic heterocycles. The van der Waals surface area contributed by atoms with Crippen molar-refractivity contribution in [2.45, 2.75) is 64.3 Å². The van der Waals surface area contributed by atoms with Gasteiger partial charge in [0, 0.05) is 23.6 Å². The van der Waals surface area contributed by atoms with E-state index < -0.39 is 14.4 Å². The van der Waals surface area contributed by atoms with Crippen LogP contribution in [0.4, 0.5) is 10.5 Å². The lowest BCUT2D eigenvalue weighted by Crippen LogP contribution is -2.43. The summed E-state index contributed by atoms with van der Waals surface area (Å²) in [5.74, 6) is 0.844. The van der Waals surface area contributed by atoms with Gasteiger partial charge >= 0.3 is 6.09 Å². The third-order valence-electron chi connectivity index (χ3n) is 9.60. The first-order valence-corrected chi connectivity index (χ1v) is 20.3. The van der Waals surface area contributed by atoms with Gasteiger partial charge in [-0.15, -0.1) is 0 Å². The first-order valence-electron chi connectivity index (χ1n) is 17.4. The lowest BCUT2D eigenvalue weighted by atomic mass is 10.00. The molecule has 1 atom stereocenters. The summed E-state index contributed by atoms with van der Waals surface area (Å²) in [4.78, 5) is 26.3. The predicted molar refractivity (Wildman–Crippen MR) is 208 cm³/mol. The van der Waals surface area contributed by atoms with E-state index in [-0.39, 0.29) is 22.5 Å². The molecule has 0 aliphatic carbocycles. The zero-order valence-electron chi connectivity index (χ0n) is 30.1. The number of aromatic nitrogens is 1. The molecule has 9 nitrogen and oxygen atoms in total. The van der Waals surface area contributed by atoms with Gasteiger partial charge in [0.15, 0.2) is 8.32 Å². The fourth-order valence-corrected chi connectivity index (χ4v) is 7.12. The molecule has 268 valence electrons. The van der Waals surface area contributed by atoms with Crippen LogP contribution in [0.2, 0.25) is 18.1 Å². The molecular weight excluding hydrogens is 659 g/mol. The molecule has 1 aromatic heterocycles. The second kappa shape index (κ2) is 16.4. The van der Waals surface area contributed by atoms with Crippen molar-refractivity contribution in [2.75, 3.05) is 25.0 Å². The molecule has 0 bridgehead atoms. The van der Waals surface area contributed by atoms with Crippen LogP contribution in [0.3, 0.4) is 0 Å². The number of fused-ring (bicyclic) bond motifs is 1. The fourth-order valence-electron chi connectivity index (χ4n) is 5.85. The molecule has 5 rings (SSSR count). The highest BCUT2D eigenvalue weighted by atomic mass is 28.4. The van der Waals surface area contributed by atoms with Crippen LogP contribution >= 0.6 is 0 Å². The molecule has 0 radical (unpaired) electrons. The average Bonchev–Trinajstić information content (AvgIpc) is 3.08. The number of rotatable bonds is 15. The minimum atomic E-state index is -2.18. The zero-order chi connectivity index (χ0) is 36.6. The number of aromatic hydroxyl groups is 1. The normalized spacial score (nSPS) is 12.5. The van der Waals surface area contributed by atoms with E-state index in [4.69, 9.17) is 9.16 Å². The monoisotopic (exact) mass is 707 g/mol. The van der Waals surface area contributed by atoms with Crippen LogP contribution < -0.4 is 20.9 Å². The summed E-state index contributed by atoms with van der Waals surface area (Å²) in [6, 6.07) is 30.5. The fraction of sp³-hybridized carbons (Fsp3) is 0.317. The number of hydrogen-bond acceptors (Lipinski definition) is 6. The van der Waals surface area contributed by atoms with Crippen molar-refractivity contribution in [3.63, 3.8) is 0 Å². The molecule has 0 fully saturated rings. The summed E-state index contributed by atoms with van der Waals surface area (Å²) in [5.41, 5.74) is 5.62. The number of amides is 1. The van der Waals surface area contributed by atoms with Gasteiger partial charge < -0.3 is 29.7 Å². The summed E-state index contributed by atoms with van der Waals surface area (Å²) in [5, 5.41) is 26.8. The highest BCUT2D eigenvalue weighted by molar-refractivity contribution is 6.74. The number of carbonyl (C=O) groups is 1. The molecule has 4 aromatic carbocycles. The Labute approximate surface area is 300 Å². The van der Waals surface area contributed by atoms with Crippen LogP contribution in [-0.2, 0) is 17.3 Å². The molecule has 1 amide bonds. The Balaban J connectivity index is 1.17. The van der Waals surface area contributed by atoms with Gasteiger partial charge in [0.2, 0.25) is 5.56 Å². The molecule has 0 saturated heterocycles. The van der Waals surface area contributed by atoms with Crippen molar-refractivity contribution in [3.05, 3.63) is 124 Å². The molecule has 5 aromatic rings. The maximum Gasteiger partial charge on any atom is 0.409 e. The van der Waals surface area contributed by atoms with E-state index in [2.05, 4.69) is 61.6 Å². The number of ether oxygens (including phenoxy) is 1. The smallest absolute Gasteiger partial charge is 0.409 e. The number of aryl methyl sites for hydroxylation is 1. The predicted octanol–water partition coefficient (Wildman–Crippen LogP) is 8.90. The maximum atomic E-state index is 12.0. The van der Waals surface area contributed by atoms with E-state index in [9.17, 15) is 19.8 Å². The number of pyridine rings is 1. The topological polar surface area (TPSA) is 133 Å². The lowest BCUT2D eigenvalue weighted by molar-refractivity contribution is 0.182. The van der Waals surface area contributed by atoms with Gasteiger partial charge in [-0.1, -0.05) is 81.4 Å². The average molecular weight is 708 g/mol. The van der Waals surface area contributed by atoms with E-state index in [0.29, 0.717) is 24.4 Å². The second-order valence-electron chi connectivity index (χ2n) is 14.4. The molecule has 0 aliphatic rings. The van der Waals surface area contributed by atoms with Gasteiger partial charge in [-0.3, -0.25) is 10.1 Å². The van der Waals surface area contributed by atoms with E-state index in [1.807, 2.05) is 66.7 Å². The minimum Gasteiger partial charge on any atom is -0.506 e. The number of anilines is 1. The number of H-pyrrole nitrogens is 1. The van der Waals surface area contributed by atoms with Crippen LogP contribution in [0.5, 0.6) is 11.5 Å². The second-order valence-corrected chi connectivity index (χ2v) is 19.1. The van der Waals surface area contributed by atoms with Crippen molar-refractivity contribution < 1.29 is 24.2 Å². The Hall–Kier alpha value is -4.90. The van der Waals surface area contributed by atoms with E-state index in [1.165, 1.54) is 6.07 Å². The number of phenols is 1. The van der Waals surface area contributed by atoms with Gasteiger partial charge in [-0.2, -0.15) is 0 Å². The van der Waals surface area contributed by atoms with Crippen LogP contribution in [0.15, 0.2) is 102 Å². The van der Waals surface area contributed by atoms with Crippen LogP contribution in [0.1, 0.15) is 50.0 Å².